The molecular formula is C25H35ClFNO2. The first kappa shape index (κ1) is 24.5. The van der Waals surface area contributed by atoms with Gasteiger partial charge in [0.25, 0.3) is 0 Å². The predicted molar refractivity (Wildman–Crippen MR) is 123 cm³/mol. The first-order valence-electron chi connectivity index (χ1n) is 10.6. The summed E-state index contributed by atoms with van der Waals surface area (Å²) < 4.78 is 25.5. The third-order valence-electron chi connectivity index (χ3n) is 5.51. The van der Waals surface area contributed by atoms with E-state index in [4.69, 9.17) is 9.47 Å². The minimum Gasteiger partial charge on any atom is -0.487 e. The number of nitrogens with zero attached hydrogens (tertiary/aromatic N) is 1. The van der Waals surface area contributed by atoms with Crippen molar-refractivity contribution in [2.75, 3.05) is 0 Å². The maximum atomic E-state index is 13.6. The Kier molecular flexibility index (Phi) is 8.18. The Morgan fingerprint density at radius 1 is 0.900 bits per heavy atom. The lowest BCUT2D eigenvalue weighted by atomic mass is 9.93. The predicted octanol–water partition coefficient (Wildman–Crippen LogP) is 6.55. The lowest BCUT2D eigenvalue weighted by Crippen LogP contribution is -2.40. The van der Waals surface area contributed by atoms with Gasteiger partial charge in [0.2, 0.25) is 0 Å². The summed E-state index contributed by atoms with van der Waals surface area (Å²) in [4.78, 5) is 2.44. The summed E-state index contributed by atoms with van der Waals surface area (Å²) >= 11 is 0. The zero-order chi connectivity index (χ0) is 21.2. The Labute approximate surface area is 187 Å². The fraction of sp³-hybridized carbons (Fsp3) is 0.520. The van der Waals surface area contributed by atoms with Gasteiger partial charge in [-0.25, -0.2) is 4.39 Å². The van der Waals surface area contributed by atoms with Crippen LogP contribution < -0.4 is 9.47 Å². The van der Waals surface area contributed by atoms with Crippen molar-refractivity contribution >= 4 is 12.4 Å². The van der Waals surface area contributed by atoms with E-state index < -0.39 is 0 Å². The van der Waals surface area contributed by atoms with Crippen LogP contribution in [-0.2, 0) is 19.5 Å². The van der Waals surface area contributed by atoms with E-state index in [2.05, 4.69) is 30.9 Å². The van der Waals surface area contributed by atoms with Crippen molar-refractivity contribution in [3.8, 4) is 11.5 Å². The molecule has 0 aromatic heterocycles. The van der Waals surface area contributed by atoms with E-state index >= 15 is 0 Å². The number of aryl methyl sites for hydroxylation is 1. The molecule has 0 amide bonds. The summed E-state index contributed by atoms with van der Waals surface area (Å²) in [5.41, 5.74) is 3.61. The van der Waals surface area contributed by atoms with E-state index in [1.165, 1.54) is 11.1 Å². The minimum absolute atomic E-state index is 0. The molecule has 0 bridgehead atoms. The number of rotatable bonds is 8. The van der Waals surface area contributed by atoms with E-state index in [0.717, 1.165) is 43.0 Å². The highest BCUT2D eigenvalue weighted by Gasteiger charge is 2.31. The van der Waals surface area contributed by atoms with Gasteiger partial charge in [0, 0.05) is 18.6 Å². The maximum Gasteiger partial charge on any atom is 0.161 e. The molecule has 0 saturated carbocycles. The largest absolute Gasteiger partial charge is 0.487 e. The normalized spacial score (nSPS) is 14.0. The average molecular weight is 436 g/mol. The molecule has 0 atom stereocenters. The van der Waals surface area contributed by atoms with E-state index in [1.807, 2.05) is 39.8 Å². The van der Waals surface area contributed by atoms with Crippen LogP contribution in [0.15, 0.2) is 36.4 Å². The van der Waals surface area contributed by atoms with E-state index in [0.29, 0.717) is 0 Å². The van der Waals surface area contributed by atoms with Gasteiger partial charge in [-0.2, -0.15) is 0 Å². The molecule has 0 radical (unpaired) electrons. The molecule has 1 aliphatic rings. The molecule has 0 N–H and O–H groups in total. The highest BCUT2D eigenvalue weighted by atomic mass is 35.5. The second-order valence-electron chi connectivity index (χ2n) is 9.20. The molecule has 30 heavy (non-hydrogen) atoms. The summed E-state index contributed by atoms with van der Waals surface area (Å²) in [6.07, 6.45) is 2.16. The number of hydrogen-bond acceptors (Lipinski definition) is 3. The van der Waals surface area contributed by atoms with Crippen molar-refractivity contribution in [3.05, 3.63) is 58.9 Å². The molecular weight excluding hydrogens is 401 g/mol. The molecule has 2 aromatic rings. The molecule has 3 rings (SSSR count). The summed E-state index contributed by atoms with van der Waals surface area (Å²) in [6, 6.07) is 11.4. The van der Waals surface area contributed by atoms with Crippen molar-refractivity contribution < 1.29 is 13.9 Å². The Hall–Kier alpha value is -1.78. The summed E-state index contributed by atoms with van der Waals surface area (Å²) in [5, 5.41) is 0. The summed E-state index contributed by atoms with van der Waals surface area (Å²) in [5.74, 6) is 1.46. The van der Waals surface area contributed by atoms with Crippen LogP contribution in [0.5, 0.6) is 11.5 Å². The lowest BCUT2D eigenvalue weighted by molar-refractivity contribution is 0.109. The van der Waals surface area contributed by atoms with Crippen LogP contribution in [0.1, 0.15) is 64.7 Å². The van der Waals surface area contributed by atoms with Crippen LogP contribution in [0.4, 0.5) is 4.39 Å². The second kappa shape index (κ2) is 10.0. The van der Waals surface area contributed by atoms with Gasteiger partial charge in [0.05, 0.1) is 12.2 Å². The molecule has 1 aliphatic heterocycles. The Morgan fingerprint density at radius 3 is 2.20 bits per heavy atom. The first-order chi connectivity index (χ1) is 13.6. The van der Waals surface area contributed by atoms with Gasteiger partial charge in [-0.05, 0) is 95.3 Å². The van der Waals surface area contributed by atoms with Crippen molar-refractivity contribution in [2.45, 2.75) is 85.2 Å². The van der Waals surface area contributed by atoms with Gasteiger partial charge >= 0.3 is 0 Å². The van der Waals surface area contributed by atoms with Crippen LogP contribution >= 0.6 is 12.4 Å². The molecule has 0 fully saturated rings. The lowest BCUT2D eigenvalue weighted by Gasteiger charge is -2.35. The molecule has 0 unspecified atom stereocenters. The number of benzene rings is 2. The fourth-order valence-corrected chi connectivity index (χ4v) is 3.80. The van der Waals surface area contributed by atoms with Gasteiger partial charge in [-0.3, -0.25) is 4.90 Å². The summed E-state index contributed by atoms with van der Waals surface area (Å²) in [7, 11) is 0. The first-order valence-corrected chi connectivity index (χ1v) is 10.6. The van der Waals surface area contributed by atoms with Crippen LogP contribution in [0.25, 0.3) is 0 Å². The molecule has 5 heteroatoms. The highest BCUT2D eigenvalue weighted by molar-refractivity contribution is 5.85. The SMILES string of the molecule is CC(C)Oc1ccc(CCC(C)(C)N2Cc3ccc(F)cc3C2)cc1OC(C)C.Cl. The van der Waals surface area contributed by atoms with Crippen LogP contribution in [0.3, 0.4) is 0 Å². The van der Waals surface area contributed by atoms with E-state index in [-0.39, 0.29) is 36.0 Å². The third-order valence-corrected chi connectivity index (χ3v) is 5.51. The van der Waals surface area contributed by atoms with Gasteiger partial charge in [-0.15, -0.1) is 12.4 Å². The van der Waals surface area contributed by atoms with Crippen molar-refractivity contribution in [1.29, 1.82) is 0 Å². The summed E-state index contributed by atoms with van der Waals surface area (Å²) in [6.45, 7) is 14.3. The average Bonchev–Trinajstić information content (AvgIpc) is 3.05. The quantitative estimate of drug-likeness (QED) is 0.469. The topological polar surface area (TPSA) is 21.7 Å². The number of fused-ring (bicyclic) bond motifs is 1. The monoisotopic (exact) mass is 435 g/mol. The maximum absolute atomic E-state index is 13.6. The minimum atomic E-state index is -0.148. The fourth-order valence-electron chi connectivity index (χ4n) is 3.80. The third kappa shape index (κ3) is 6.12. The van der Waals surface area contributed by atoms with Crippen molar-refractivity contribution in [3.63, 3.8) is 0 Å². The number of ether oxygens (including phenoxy) is 2. The smallest absolute Gasteiger partial charge is 0.161 e. The van der Waals surface area contributed by atoms with E-state index in [9.17, 15) is 4.39 Å². The number of hydrogen-bond donors (Lipinski definition) is 0. The van der Waals surface area contributed by atoms with Crippen LogP contribution in [0, 0.1) is 5.82 Å². The van der Waals surface area contributed by atoms with Gasteiger partial charge in [0.1, 0.15) is 5.82 Å². The van der Waals surface area contributed by atoms with Gasteiger partial charge in [0.15, 0.2) is 11.5 Å². The van der Waals surface area contributed by atoms with E-state index in [1.54, 1.807) is 12.1 Å². The zero-order valence-corrected chi connectivity index (χ0v) is 19.8. The van der Waals surface area contributed by atoms with Gasteiger partial charge in [-0.1, -0.05) is 12.1 Å². The molecule has 1 heterocycles. The highest BCUT2D eigenvalue weighted by Crippen LogP contribution is 2.34. The molecule has 3 nitrogen and oxygen atoms in total. The Bertz CT molecular complexity index is 851. The Balaban J connectivity index is 0.00000320. The molecule has 2 aromatic carbocycles. The molecule has 166 valence electrons. The molecule has 0 saturated heterocycles. The Morgan fingerprint density at radius 2 is 1.53 bits per heavy atom. The zero-order valence-electron chi connectivity index (χ0n) is 19.0. The molecule has 0 spiro atoms. The van der Waals surface area contributed by atoms with Crippen molar-refractivity contribution in [1.82, 2.24) is 4.90 Å². The second-order valence-corrected chi connectivity index (χ2v) is 9.20. The molecule has 0 aliphatic carbocycles. The van der Waals surface area contributed by atoms with Crippen LogP contribution in [-0.4, -0.2) is 22.6 Å². The standard InChI is InChI=1S/C25H34FNO2.ClH/c1-17(2)28-23-10-7-19(13-24(23)29-18(3)4)11-12-25(5,6)27-15-20-8-9-22(26)14-21(20)16-27;/h7-10,13-14,17-18H,11-12,15-16H2,1-6H3;1H. The van der Waals surface area contributed by atoms with Crippen LogP contribution in [0.2, 0.25) is 0 Å². The van der Waals surface area contributed by atoms with Gasteiger partial charge < -0.3 is 9.47 Å². The van der Waals surface area contributed by atoms with Crippen molar-refractivity contribution in [2.24, 2.45) is 0 Å². The number of halogens is 2.